The highest BCUT2D eigenvalue weighted by Crippen LogP contribution is 2.19. The van der Waals surface area contributed by atoms with Gasteiger partial charge in [-0.3, -0.25) is 4.68 Å². The smallest absolute Gasteiger partial charge is 0.333 e. The number of aliphatic carboxylic acids is 1. The molecule has 5 heteroatoms. The second-order valence-electron chi connectivity index (χ2n) is 3.29. The molecule has 0 aliphatic heterocycles. The first-order valence-electron chi connectivity index (χ1n) is 4.66. The third kappa shape index (κ3) is 2.14. The van der Waals surface area contributed by atoms with E-state index >= 15 is 0 Å². The van der Waals surface area contributed by atoms with E-state index in [1.165, 1.54) is 4.68 Å². The van der Waals surface area contributed by atoms with E-state index in [9.17, 15) is 9.90 Å². The first kappa shape index (κ1) is 10.9. The summed E-state index contributed by atoms with van der Waals surface area (Å²) >= 11 is 3.25. The van der Waals surface area contributed by atoms with Crippen LogP contribution in [-0.4, -0.2) is 20.9 Å². The summed E-state index contributed by atoms with van der Waals surface area (Å²) in [5.41, 5.74) is 0.700. The zero-order valence-electron chi connectivity index (χ0n) is 8.25. The largest absolute Gasteiger partial charge is 0.479 e. The number of hydrogen-bond acceptors (Lipinski definition) is 2. The van der Waals surface area contributed by atoms with E-state index in [0.717, 1.165) is 4.47 Å². The minimum Gasteiger partial charge on any atom is -0.479 e. The molecule has 2 aromatic rings. The van der Waals surface area contributed by atoms with Crippen molar-refractivity contribution in [1.82, 2.24) is 9.78 Å². The molecule has 4 nitrogen and oxygen atoms in total. The van der Waals surface area contributed by atoms with E-state index in [1.54, 1.807) is 24.5 Å². The average molecular weight is 281 g/mol. The molecule has 0 saturated carbocycles. The summed E-state index contributed by atoms with van der Waals surface area (Å²) in [6, 6.07) is 8.23. The normalized spacial score (nSPS) is 12.3. The van der Waals surface area contributed by atoms with E-state index in [-0.39, 0.29) is 0 Å². The lowest BCUT2D eigenvalue weighted by molar-refractivity contribution is -0.139. The van der Waals surface area contributed by atoms with Gasteiger partial charge in [-0.25, -0.2) is 4.79 Å². The summed E-state index contributed by atoms with van der Waals surface area (Å²) in [6.45, 7) is 0. The van der Waals surface area contributed by atoms with E-state index in [2.05, 4.69) is 21.0 Å². The Morgan fingerprint density at radius 1 is 1.38 bits per heavy atom. The van der Waals surface area contributed by atoms with Gasteiger partial charge in [0.1, 0.15) is 0 Å². The molecule has 16 heavy (non-hydrogen) atoms. The number of carboxylic acids is 1. The van der Waals surface area contributed by atoms with Crippen LogP contribution in [0, 0.1) is 0 Å². The van der Waals surface area contributed by atoms with E-state index in [1.807, 2.05) is 18.2 Å². The molecule has 0 saturated heterocycles. The van der Waals surface area contributed by atoms with Gasteiger partial charge < -0.3 is 5.11 Å². The van der Waals surface area contributed by atoms with Crippen LogP contribution in [0.1, 0.15) is 11.6 Å². The highest BCUT2D eigenvalue weighted by Gasteiger charge is 2.22. The van der Waals surface area contributed by atoms with Crippen LogP contribution in [0.4, 0.5) is 0 Å². The predicted molar refractivity (Wildman–Crippen MR) is 62.1 cm³/mol. The molecule has 0 radical (unpaired) electrons. The summed E-state index contributed by atoms with van der Waals surface area (Å²) in [5.74, 6) is -0.929. The molecule has 1 atom stereocenters. The lowest BCUT2D eigenvalue weighted by atomic mass is 10.1. The average Bonchev–Trinajstić information content (AvgIpc) is 2.66. The summed E-state index contributed by atoms with van der Waals surface area (Å²) in [5, 5.41) is 13.2. The van der Waals surface area contributed by atoms with Crippen molar-refractivity contribution in [2.24, 2.45) is 0 Å². The predicted octanol–water partition coefficient (Wildman–Crippen LogP) is 2.32. The Kier molecular flexibility index (Phi) is 3.05. The van der Waals surface area contributed by atoms with E-state index in [4.69, 9.17) is 0 Å². The fraction of sp³-hybridized carbons (Fsp3) is 0.0909. The number of nitrogens with zero attached hydrogens (tertiary/aromatic N) is 2. The van der Waals surface area contributed by atoms with Crippen molar-refractivity contribution in [1.29, 1.82) is 0 Å². The second kappa shape index (κ2) is 4.49. The lowest BCUT2D eigenvalue weighted by Crippen LogP contribution is -2.20. The van der Waals surface area contributed by atoms with Crippen molar-refractivity contribution in [2.75, 3.05) is 0 Å². The Balaban J connectivity index is 2.43. The minimum absolute atomic E-state index is 0.700. The number of aromatic nitrogens is 2. The van der Waals surface area contributed by atoms with Gasteiger partial charge >= 0.3 is 5.97 Å². The molecule has 0 bridgehead atoms. The van der Waals surface area contributed by atoms with Gasteiger partial charge in [0.15, 0.2) is 6.04 Å². The first-order valence-corrected chi connectivity index (χ1v) is 5.45. The van der Waals surface area contributed by atoms with Crippen molar-refractivity contribution in [2.45, 2.75) is 6.04 Å². The van der Waals surface area contributed by atoms with Crippen LogP contribution in [0.2, 0.25) is 0 Å². The fourth-order valence-electron chi connectivity index (χ4n) is 1.50. The van der Waals surface area contributed by atoms with E-state index < -0.39 is 12.0 Å². The quantitative estimate of drug-likeness (QED) is 0.939. The molecule has 0 fully saturated rings. The van der Waals surface area contributed by atoms with Gasteiger partial charge in [-0.1, -0.05) is 30.3 Å². The van der Waals surface area contributed by atoms with Crippen LogP contribution in [-0.2, 0) is 4.79 Å². The van der Waals surface area contributed by atoms with Crippen LogP contribution in [0.5, 0.6) is 0 Å². The van der Waals surface area contributed by atoms with E-state index in [0.29, 0.717) is 5.56 Å². The molecule has 1 unspecified atom stereocenters. The van der Waals surface area contributed by atoms with Crippen molar-refractivity contribution >= 4 is 21.9 Å². The zero-order chi connectivity index (χ0) is 11.5. The van der Waals surface area contributed by atoms with Crippen molar-refractivity contribution < 1.29 is 9.90 Å². The van der Waals surface area contributed by atoms with Gasteiger partial charge in [0, 0.05) is 6.20 Å². The molecule has 1 aromatic carbocycles. The highest BCUT2D eigenvalue weighted by molar-refractivity contribution is 9.10. The van der Waals surface area contributed by atoms with Gasteiger partial charge in [-0.15, -0.1) is 0 Å². The summed E-state index contributed by atoms with van der Waals surface area (Å²) in [6.07, 6.45) is 3.21. The molecule has 0 spiro atoms. The number of benzene rings is 1. The van der Waals surface area contributed by atoms with Crippen LogP contribution in [0.15, 0.2) is 47.2 Å². The standard InChI is InChI=1S/C11H9BrN2O2/c12-9-6-13-14(7-9)10(11(15)16)8-4-2-1-3-5-8/h1-7,10H,(H,15,16). The maximum atomic E-state index is 11.2. The maximum Gasteiger partial charge on any atom is 0.333 e. The Labute approximate surface area is 101 Å². The molecule has 1 aromatic heterocycles. The summed E-state index contributed by atoms with van der Waals surface area (Å²) in [4.78, 5) is 11.2. The fourth-order valence-corrected chi connectivity index (χ4v) is 1.80. The number of carbonyl (C=O) groups is 1. The van der Waals surface area contributed by atoms with Gasteiger partial charge in [0.2, 0.25) is 0 Å². The summed E-state index contributed by atoms with van der Waals surface area (Å²) < 4.78 is 2.18. The third-order valence-electron chi connectivity index (χ3n) is 2.18. The van der Waals surface area contributed by atoms with Gasteiger partial charge in [0.25, 0.3) is 0 Å². The monoisotopic (exact) mass is 280 g/mol. The molecule has 1 heterocycles. The topological polar surface area (TPSA) is 55.1 Å². The van der Waals surface area contributed by atoms with Gasteiger partial charge in [-0.05, 0) is 21.5 Å². The third-order valence-corrected chi connectivity index (χ3v) is 2.59. The van der Waals surface area contributed by atoms with Crippen molar-refractivity contribution in [3.05, 3.63) is 52.8 Å². The number of halogens is 1. The van der Waals surface area contributed by atoms with Crippen molar-refractivity contribution in [3.8, 4) is 0 Å². The number of hydrogen-bond donors (Lipinski definition) is 1. The molecule has 0 aliphatic rings. The van der Waals surface area contributed by atoms with Crippen molar-refractivity contribution in [3.63, 3.8) is 0 Å². The molecular weight excluding hydrogens is 272 g/mol. The van der Waals surface area contributed by atoms with Crippen LogP contribution < -0.4 is 0 Å². The zero-order valence-corrected chi connectivity index (χ0v) is 9.83. The molecule has 2 rings (SSSR count). The second-order valence-corrected chi connectivity index (χ2v) is 4.21. The molecule has 0 aliphatic carbocycles. The van der Waals surface area contributed by atoms with Gasteiger partial charge in [0.05, 0.1) is 10.7 Å². The Hall–Kier alpha value is -1.62. The Morgan fingerprint density at radius 3 is 2.56 bits per heavy atom. The van der Waals surface area contributed by atoms with Crippen LogP contribution >= 0.6 is 15.9 Å². The van der Waals surface area contributed by atoms with Gasteiger partial charge in [-0.2, -0.15) is 5.10 Å². The van der Waals surface area contributed by atoms with Crippen LogP contribution in [0.3, 0.4) is 0 Å². The number of rotatable bonds is 3. The van der Waals surface area contributed by atoms with Crippen LogP contribution in [0.25, 0.3) is 0 Å². The SMILES string of the molecule is O=C(O)C(c1ccccc1)n1cc(Br)cn1. The molecule has 0 amide bonds. The Bertz CT molecular complexity index is 496. The highest BCUT2D eigenvalue weighted by atomic mass is 79.9. The molecular formula is C11H9BrN2O2. The summed E-state index contributed by atoms with van der Waals surface area (Å²) in [7, 11) is 0. The number of carboxylic acid groups (broad SMARTS) is 1. The minimum atomic E-state index is -0.929. The molecule has 1 N–H and O–H groups in total. The lowest BCUT2D eigenvalue weighted by Gasteiger charge is -2.12. The Morgan fingerprint density at radius 2 is 2.06 bits per heavy atom. The first-order chi connectivity index (χ1) is 7.68. The maximum absolute atomic E-state index is 11.2. The molecule has 82 valence electrons.